The van der Waals surface area contributed by atoms with Crippen molar-refractivity contribution in [3.63, 3.8) is 0 Å². The third kappa shape index (κ3) is 3.13. The highest BCUT2D eigenvalue weighted by molar-refractivity contribution is 7.89. The predicted molar refractivity (Wildman–Crippen MR) is 101 cm³/mol. The van der Waals surface area contributed by atoms with Crippen LogP contribution in [-0.4, -0.2) is 37.6 Å². The zero-order chi connectivity index (χ0) is 19.2. The topological polar surface area (TPSA) is 59.0 Å². The van der Waals surface area contributed by atoms with Gasteiger partial charge in [-0.3, -0.25) is 0 Å². The molecule has 27 heavy (non-hydrogen) atoms. The molecule has 2 aromatic rings. The molecular weight excluding hydrogens is 391 g/mol. The van der Waals surface area contributed by atoms with Gasteiger partial charge in [-0.2, -0.15) is 4.31 Å². The van der Waals surface area contributed by atoms with E-state index in [2.05, 4.69) is 5.16 Å². The quantitative estimate of drug-likeness (QED) is 0.778. The molecule has 1 fully saturated rings. The molecule has 2 aliphatic heterocycles. The van der Waals surface area contributed by atoms with Crippen LogP contribution in [0, 0.1) is 11.7 Å². The number of hydrogen-bond donors (Lipinski definition) is 0. The second-order valence-corrected chi connectivity index (χ2v) is 8.99. The average molecular weight is 409 g/mol. The van der Waals surface area contributed by atoms with E-state index in [4.69, 9.17) is 16.4 Å². The summed E-state index contributed by atoms with van der Waals surface area (Å²) in [6.07, 6.45) is 0.394. The summed E-state index contributed by atoms with van der Waals surface area (Å²) in [6.45, 7) is 2.35. The monoisotopic (exact) mass is 408 g/mol. The minimum Gasteiger partial charge on any atom is -0.390 e. The molecule has 0 aromatic heterocycles. The lowest BCUT2D eigenvalue weighted by atomic mass is 9.94. The summed E-state index contributed by atoms with van der Waals surface area (Å²) in [5.74, 6) is -0.856. The molecule has 0 amide bonds. The summed E-state index contributed by atoms with van der Waals surface area (Å²) < 4.78 is 41.6. The molecule has 0 spiro atoms. The van der Waals surface area contributed by atoms with Crippen molar-refractivity contribution in [1.29, 1.82) is 0 Å². The van der Waals surface area contributed by atoms with Gasteiger partial charge in [-0.05, 0) is 36.2 Å². The highest BCUT2D eigenvalue weighted by atomic mass is 35.5. The number of aryl methyl sites for hydroxylation is 1. The number of nitrogens with zero attached hydrogens (tertiary/aromatic N) is 2. The lowest BCUT2D eigenvalue weighted by Crippen LogP contribution is -2.30. The van der Waals surface area contributed by atoms with Gasteiger partial charge in [-0.15, -0.1) is 0 Å². The van der Waals surface area contributed by atoms with Crippen molar-refractivity contribution >= 4 is 27.3 Å². The summed E-state index contributed by atoms with van der Waals surface area (Å²) in [7, 11) is -3.66. The maximum atomic E-state index is 14.3. The summed E-state index contributed by atoms with van der Waals surface area (Å²) in [5.41, 5.74) is 1.61. The van der Waals surface area contributed by atoms with Gasteiger partial charge in [-0.1, -0.05) is 41.9 Å². The summed E-state index contributed by atoms with van der Waals surface area (Å²) >= 11 is 6.14. The first kappa shape index (κ1) is 18.4. The van der Waals surface area contributed by atoms with Gasteiger partial charge in [0.15, 0.2) is 6.10 Å². The number of fused-ring (bicyclic) bond motifs is 1. The van der Waals surface area contributed by atoms with Crippen LogP contribution in [0.1, 0.15) is 18.1 Å². The van der Waals surface area contributed by atoms with Gasteiger partial charge < -0.3 is 4.84 Å². The predicted octanol–water partition coefficient (Wildman–Crippen LogP) is 3.47. The number of hydrogen-bond acceptors (Lipinski definition) is 4. The van der Waals surface area contributed by atoms with Crippen molar-refractivity contribution in [2.45, 2.75) is 24.3 Å². The zero-order valence-electron chi connectivity index (χ0n) is 14.6. The molecule has 0 radical (unpaired) electrons. The Morgan fingerprint density at radius 2 is 1.96 bits per heavy atom. The normalized spacial score (nSPS) is 22.4. The molecule has 0 saturated carbocycles. The van der Waals surface area contributed by atoms with Crippen molar-refractivity contribution in [3.05, 3.63) is 64.4 Å². The van der Waals surface area contributed by atoms with Crippen LogP contribution in [0.4, 0.5) is 4.39 Å². The van der Waals surface area contributed by atoms with Crippen molar-refractivity contribution in [3.8, 4) is 0 Å². The number of halogens is 2. The van der Waals surface area contributed by atoms with Gasteiger partial charge in [0, 0.05) is 6.54 Å². The highest BCUT2D eigenvalue weighted by Crippen LogP contribution is 2.35. The molecule has 4 rings (SSSR count). The Hall–Kier alpha value is -1.96. The van der Waals surface area contributed by atoms with Gasteiger partial charge in [0.2, 0.25) is 10.0 Å². The third-order valence-corrected chi connectivity index (χ3v) is 7.22. The molecule has 2 heterocycles. The van der Waals surface area contributed by atoms with Crippen LogP contribution in [0.25, 0.3) is 0 Å². The SMILES string of the molecule is CCc1ccc(S(=O)(=O)N2CC3ON=C(c4c(F)cccc4Cl)C3C2)cc1. The molecule has 0 N–H and O–H groups in total. The molecule has 5 nitrogen and oxygen atoms in total. The minimum atomic E-state index is -3.66. The summed E-state index contributed by atoms with van der Waals surface area (Å²) in [5, 5.41) is 4.23. The van der Waals surface area contributed by atoms with Gasteiger partial charge in [0.05, 0.1) is 33.7 Å². The summed E-state index contributed by atoms with van der Waals surface area (Å²) in [4.78, 5) is 5.65. The van der Waals surface area contributed by atoms with Crippen LogP contribution in [0.3, 0.4) is 0 Å². The largest absolute Gasteiger partial charge is 0.390 e. The Bertz CT molecular complexity index is 988. The van der Waals surface area contributed by atoms with Gasteiger partial charge in [-0.25, -0.2) is 12.8 Å². The van der Waals surface area contributed by atoms with E-state index < -0.39 is 21.9 Å². The third-order valence-electron chi connectivity index (χ3n) is 5.06. The Morgan fingerprint density at radius 1 is 1.22 bits per heavy atom. The van der Waals surface area contributed by atoms with E-state index in [9.17, 15) is 12.8 Å². The maximum Gasteiger partial charge on any atom is 0.243 e. The second kappa shape index (κ2) is 6.89. The Kier molecular flexibility index (Phi) is 4.70. The molecule has 8 heteroatoms. The van der Waals surface area contributed by atoms with E-state index >= 15 is 0 Å². The van der Waals surface area contributed by atoms with Crippen molar-refractivity contribution < 1.29 is 17.6 Å². The molecule has 2 aromatic carbocycles. The lowest BCUT2D eigenvalue weighted by molar-refractivity contribution is 0.0803. The molecule has 0 bridgehead atoms. The van der Waals surface area contributed by atoms with Crippen LogP contribution in [0.15, 0.2) is 52.5 Å². The Morgan fingerprint density at radius 3 is 2.63 bits per heavy atom. The first-order chi connectivity index (χ1) is 12.9. The second-order valence-electron chi connectivity index (χ2n) is 6.64. The fraction of sp³-hybridized carbons (Fsp3) is 0.316. The number of rotatable bonds is 4. The molecule has 1 saturated heterocycles. The molecule has 142 valence electrons. The molecule has 2 atom stereocenters. The minimum absolute atomic E-state index is 0.168. The average Bonchev–Trinajstić information content (AvgIpc) is 3.24. The summed E-state index contributed by atoms with van der Waals surface area (Å²) in [6, 6.07) is 11.3. The van der Waals surface area contributed by atoms with E-state index in [1.54, 1.807) is 18.2 Å². The first-order valence-corrected chi connectivity index (χ1v) is 10.5. The van der Waals surface area contributed by atoms with E-state index in [0.29, 0.717) is 5.71 Å². The van der Waals surface area contributed by atoms with E-state index in [1.165, 1.54) is 16.4 Å². The van der Waals surface area contributed by atoms with Crippen LogP contribution >= 0.6 is 11.6 Å². The van der Waals surface area contributed by atoms with E-state index in [-0.39, 0.29) is 34.5 Å². The molecular formula is C19H18ClFN2O3S. The van der Waals surface area contributed by atoms with Crippen molar-refractivity contribution in [1.82, 2.24) is 4.31 Å². The standard InChI is InChI=1S/C19H18ClFN2O3S/c1-2-12-6-8-13(9-7-12)27(24,25)23-10-14-17(11-23)26-22-19(14)18-15(20)4-3-5-16(18)21/h3-9,14,17H,2,10-11H2,1H3. The van der Waals surface area contributed by atoms with Crippen molar-refractivity contribution in [2.24, 2.45) is 11.1 Å². The Labute approximate surface area is 162 Å². The number of oxime groups is 1. The number of sulfonamides is 1. The lowest BCUT2D eigenvalue weighted by Gasteiger charge is -2.17. The fourth-order valence-corrected chi connectivity index (χ4v) is 5.25. The van der Waals surface area contributed by atoms with Crippen LogP contribution in [0.2, 0.25) is 5.02 Å². The first-order valence-electron chi connectivity index (χ1n) is 8.69. The molecule has 2 aliphatic rings. The van der Waals surface area contributed by atoms with Crippen LogP contribution < -0.4 is 0 Å². The van der Waals surface area contributed by atoms with Crippen molar-refractivity contribution in [2.75, 3.05) is 13.1 Å². The van der Waals surface area contributed by atoms with Gasteiger partial charge in [0.25, 0.3) is 0 Å². The Balaban J connectivity index is 1.61. The fourth-order valence-electron chi connectivity index (χ4n) is 3.52. The smallest absolute Gasteiger partial charge is 0.243 e. The van der Waals surface area contributed by atoms with Crippen LogP contribution in [-0.2, 0) is 21.3 Å². The number of benzene rings is 2. The van der Waals surface area contributed by atoms with Gasteiger partial charge in [0.1, 0.15) is 5.82 Å². The maximum absolute atomic E-state index is 14.3. The van der Waals surface area contributed by atoms with Gasteiger partial charge >= 0.3 is 0 Å². The molecule has 2 unspecified atom stereocenters. The zero-order valence-corrected chi connectivity index (χ0v) is 16.2. The van der Waals surface area contributed by atoms with E-state index in [0.717, 1.165) is 12.0 Å². The highest BCUT2D eigenvalue weighted by Gasteiger charge is 2.47. The van der Waals surface area contributed by atoms with Crippen LogP contribution in [0.5, 0.6) is 0 Å². The van der Waals surface area contributed by atoms with E-state index in [1.807, 2.05) is 19.1 Å². The molecule has 0 aliphatic carbocycles.